The van der Waals surface area contributed by atoms with Crippen molar-refractivity contribution in [2.45, 2.75) is 108 Å². The van der Waals surface area contributed by atoms with E-state index in [1.54, 1.807) is 0 Å². The van der Waals surface area contributed by atoms with Crippen LogP contribution in [0.1, 0.15) is 78.1 Å². The maximum absolute atomic E-state index is 13.3. The molecule has 0 aromatic carbocycles. The second-order valence-electron chi connectivity index (χ2n) is 10.2. The third-order valence-electron chi connectivity index (χ3n) is 7.98. The molecule has 0 bridgehead atoms. The van der Waals surface area contributed by atoms with Crippen molar-refractivity contribution in [1.29, 1.82) is 0 Å². The fourth-order valence-corrected chi connectivity index (χ4v) is 6.53. The van der Waals surface area contributed by atoms with Crippen LogP contribution in [0.15, 0.2) is 0 Å². The average Bonchev–Trinajstić information content (AvgIpc) is 3.10. The maximum atomic E-state index is 13.3. The lowest BCUT2D eigenvalue weighted by Crippen LogP contribution is -2.54. The molecule has 0 radical (unpaired) electrons. The number of hydrogen-bond donors (Lipinski definition) is 3. The zero-order chi connectivity index (χ0) is 24.8. The van der Waals surface area contributed by atoms with Crippen LogP contribution in [0, 0.1) is 0 Å². The normalized spacial score (nSPS) is 27.3. The maximum Gasteiger partial charge on any atom is 0.329 e. The summed E-state index contributed by atoms with van der Waals surface area (Å²) in [6.45, 7) is 2.11. The lowest BCUT2D eigenvalue weighted by Gasteiger charge is -2.39. The van der Waals surface area contributed by atoms with Gasteiger partial charge in [0.25, 0.3) is 11.8 Å². The number of carbonyl (C=O) groups excluding carboxylic acids is 4. The monoisotopic (exact) mass is 480 g/mol. The predicted octanol–water partition coefficient (Wildman–Crippen LogP) is 0.958. The quantitative estimate of drug-likeness (QED) is 0.481. The third kappa shape index (κ3) is 3.68. The van der Waals surface area contributed by atoms with Crippen LogP contribution >= 0.6 is 0 Å². The number of rotatable bonds is 6. The summed E-state index contributed by atoms with van der Waals surface area (Å²) in [6, 6.07) is -1.34. The minimum atomic E-state index is -1.36. The SMILES string of the molecule is CC(O)N1C(=O)N(CC(O)CN2C(=O)N(C(C)O)C3(CCCCC3)C2=O)C(=O)C12CCCCC2. The number of aliphatic hydroxyl groups is 3. The minimum absolute atomic E-state index is 0.388. The van der Waals surface area contributed by atoms with Gasteiger partial charge in [-0.1, -0.05) is 38.5 Å². The van der Waals surface area contributed by atoms with Crippen molar-refractivity contribution >= 4 is 23.9 Å². The lowest BCUT2D eigenvalue weighted by atomic mass is 9.80. The van der Waals surface area contributed by atoms with E-state index in [4.69, 9.17) is 0 Å². The molecule has 0 aromatic heterocycles. The van der Waals surface area contributed by atoms with E-state index in [9.17, 15) is 34.5 Å². The second kappa shape index (κ2) is 9.09. The van der Waals surface area contributed by atoms with E-state index in [1.807, 2.05) is 0 Å². The molecule has 2 atom stereocenters. The molecule has 2 aliphatic heterocycles. The molecule has 0 aromatic rings. The van der Waals surface area contributed by atoms with Gasteiger partial charge in [0.2, 0.25) is 0 Å². The molecule has 4 rings (SSSR count). The van der Waals surface area contributed by atoms with Crippen molar-refractivity contribution < 1.29 is 34.5 Å². The first kappa shape index (κ1) is 24.9. The molecule has 3 N–H and O–H groups in total. The van der Waals surface area contributed by atoms with E-state index >= 15 is 0 Å². The van der Waals surface area contributed by atoms with E-state index in [1.165, 1.54) is 23.6 Å². The Bertz CT molecular complexity index is 780. The lowest BCUT2D eigenvalue weighted by molar-refractivity contribution is -0.139. The Morgan fingerprint density at radius 2 is 0.971 bits per heavy atom. The number of nitrogens with zero attached hydrogens (tertiary/aromatic N) is 4. The van der Waals surface area contributed by atoms with Gasteiger partial charge in [0.15, 0.2) is 0 Å². The Labute approximate surface area is 199 Å². The average molecular weight is 481 g/mol. The van der Waals surface area contributed by atoms with Crippen LogP contribution in [0.5, 0.6) is 0 Å². The number of β-amino-alcohol motifs (C(OH)–C–C–N with tert-alkyl or cyclic N) is 1. The van der Waals surface area contributed by atoms with Gasteiger partial charge in [-0.05, 0) is 39.5 Å². The van der Waals surface area contributed by atoms with Crippen molar-refractivity contribution in [2.24, 2.45) is 0 Å². The molecule has 2 saturated heterocycles. The molecule has 4 fully saturated rings. The molecule has 11 nitrogen and oxygen atoms in total. The fourth-order valence-electron chi connectivity index (χ4n) is 6.53. The minimum Gasteiger partial charge on any atom is -0.389 e. The summed E-state index contributed by atoms with van der Waals surface area (Å²) in [6.07, 6.45) is 3.03. The van der Waals surface area contributed by atoms with Gasteiger partial charge in [0.05, 0.1) is 19.2 Å². The summed E-state index contributed by atoms with van der Waals surface area (Å²) < 4.78 is 0. The van der Waals surface area contributed by atoms with Gasteiger partial charge in [0.1, 0.15) is 23.5 Å². The largest absolute Gasteiger partial charge is 0.389 e. The number of imide groups is 2. The highest BCUT2D eigenvalue weighted by Crippen LogP contribution is 2.43. The summed E-state index contributed by atoms with van der Waals surface area (Å²) in [4.78, 5) is 57.2. The first-order valence-corrected chi connectivity index (χ1v) is 12.4. The molecule has 34 heavy (non-hydrogen) atoms. The Kier molecular flexibility index (Phi) is 6.65. The van der Waals surface area contributed by atoms with Crippen molar-refractivity contribution in [3.8, 4) is 0 Å². The van der Waals surface area contributed by atoms with Crippen molar-refractivity contribution in [3.63, 3.8) is 0 Å². The van der Waals surface area contributed by atoms with Crippen molar-refractivity contribution in [2.75, 3.05) is 13.1 Å². The Morgan fingerprint density at radius 1 is 0.647 bits per heavy atom. The molecule has 2 spiro atoms. The molecule has 190 valence electrons. The number of carbonyl (C=O) groups is 4. The fraction of sp³-hybridized carbons (Fsp3) is 0.826. The molecule has 2 aliphatic carbocycles. The molecule has 2 heterocycles. The van der Waals surface area contributed by atoms with Gasteiger partial charge >= 0.3 is 12.1 Å². The van der Waals surface area contributed by atoms with Gasteiger partial charge in [0, 0.05) is 0 Å². The molecule has 2 saturated carbocycles. The number of hydrogen-bond acceptors (Lipinski definition) is 7. The van der Waals surface area contributed by atoms with Crippen molar-refractivity contribution in [1.82, 2.24) is 19.6 Å². The summed E-state index contributed by atoms with van der Waals surface area (Å²) >= 11 is 0. The second-order valence-corrected chi connectivity index (χ2v) is 10.2. The summed E-state index contributed by atoms with van der Waals surface area (Å²) in [5, 5.41) is 31.3. The number of amides is 6. The molecule has 6 amide bonds. The van der Waals surface area contributed by atoms with Crippen LogP contribution in [0.3, 0.4) is 0 Å². The van der Waals surface area contributed by atoms with Crippen LogP contribution < -0.4 is 0 Å². The van der Waals surface area contributed by atoms with E-state index in [0.717, 1.165) is 48.3 Å². The number of aliphatic hydroxyl groups excluding tert-OH is 3. The summed E-state index contributed by atoms with van der Waals surface area (Å²) in [5.74, 6) is -0.906. The van der Waals surface area contributed by atoms with Gasteiger partial charge in [-0.25, -0.2) is 9.59 Å². The summed E-state index contributed by atoms with van der Waals surface area (Å²) in [5.41, 5.74) is -2.23. The standard InChI is InChI=1S/C23H36N4O7/c1-15(28)26-20(33)24(18(31)22(26)9-5-3-6-10-22)13-17(30)14-25-19(32)23(11-7-4-8-12-23)27(16(2)29)21(25)34/h15-17,28-30H,3-14H2,1-2H3. The molecular weight excluding hydrogens is 444 g/mol. The van der Waals surface area contributed by atoms with Gasteiger partial charge in [-0.3, -0.25) is 29.2 Å². The topological polar surface area (TPSA) is 142 Å². The number of urea groups is 2. The van der Waals surface area contributed by atoms with Crippen LogP contribution in [0.2, 0.25) is 0 Å². The first-order valence-electron chi connectivity index (χ1n) is 12.4. The van der Waals surface area contributed by atoms with Gasteiger partial charge < -0.3 is 15.3 Å². The Balaban J connectivity index is 1.51. The van der Waals surface area contributed by atoms with Gasteiger partial charge in [-0.2, -0.15) is 0 Å². The molecule has 2 unspecified atom stereocenters. The molecular formula is C23H36N4O7. The van der Waals surface area contributed by atoms with Crippen molar-refractivity contribution in [3.05, 3.63) is 0 Å². The highest BCUT2D eigenvalue weighted by Gasteiger charge is 2.60. The predicted molar refractivity (Wildman–Crippen MR) is 119 cm³/mol. The van der Waals surface area contributed by atoms with Crippen LogP contribution in [0.4, 0.5) is 9.59 Å². The molecule has 11 heteroatoms. The Morgan fingerprint density at radius 3 is 1.26 bits per heavy atom. The first-order chi connectivity index (χ1) is 16.1. The van der Waals surface area contributed by atoms with Crippen LogP contribution in [-0.2, 0) is 9.59 Å². The van der Waals surface area contributed by atoms with E-state index in [2.05, 4.69) is 0 Å². The van der Waals surface area contributed by atoms with E-state index in [0.29, 0.717) is 25.7 Å². The molecule has 4 aliphatic rings. The van der Waals surface area contributed by atoms with Gasteiger partial charge in [-0.15, -0.1) is 0 Å². The summed E-state index contributed by atoms with van der Waals surface area (Å²) in [7, 11) is 0. The van der Waals surface area contributed by atoms with E-state index in [-0.39, 0.29) is 13.1 Å². The van der Waals surface area contributed by atoms with Crippen LogP contribution in [0.25, 0.3) is 0 Å². The van der Waals surface area contributed by atoms with Crippen LogP contribution in [-0.4, -0.2) is 102 Å². The highest BCUT2D eigenvalue weighted by molar-refractivity contribution is 6.08. The zero-order valence-electron chi connectivity index (χ0n) is 20.0. The highest BCUT2D eigenvalue weighted by atomic mass is 16.3. The third-order valence-corrected chi connectivity index (χ3v) is 7.98. The smallest absolute Gasteiger partial charge is 0.329 e. The van der Waals surface area contributed by atoms with E-state index < -0.39 is 53.5 Å². The Hall–Kier alpha value is -2.24. The zero-order valence-corrected chi connectivity index (χ0v) is 20.0.